The van der Waals surface area contributed by atoms with Crippen LogP contribution in [0.5, 0.6) is 0 Å². The predicted molar refractivity (Wildman–Crippen MR) is 133 cm³/mol. The van der Waals surface area contributed by atoms with E-state index in [4.69, 9.17) is 19.3 Å². The molecule has 0 aromatic heterocycles. The lowest BCUT2D eigenvalue weighted by atomic mass is 10.1. The van der Waals surface area contributed by atoms with E-state index in [0.717, 1.165) is 32.1 Å². The van der Waals surface area contributed by atoms with Gasteiger partial charge in [0.25, 0.3) is 0 Å². The molecule has 0 bridgehead atoms. The molecule has 0 heterocycles. The molecule has 2 N–H and O–H groups in total. The molecular formula is C25H47O8P. The largest absolute Gasteiger partial charge is 0.469 e. The summed E-state index contributed by atoms with van der Waals surface area (Å²) in [5, 5.41) is 0. The van der Waals surface area contributed by atoms with Crippen LogP contribution in [0.4, 0.5) is 0 Å². The Morgan fingerprint density at radius 1 is 0.735 bits per heavy atom. The standard InChI is InChI=1S/C25H47O8P/c1-3-5-6-7-8-9-10-11-12-13-14-15-16-17-18-20-25(27)33-23(22-32-34(28,29)30)21-31-24(26)19-4-2/h11-12,23H,3-10,13-22H2,1-2H3,(H2,28,29,30)/b12-11+/t23-/m1/s1. The Morgan fingerprint density at radius 3 is 1.85 bits per heavy atom. The van der Waals surface area contributed by atoms with E-state index in [1.165, 1.54) is 44.9 Å². The minimum absolute atomic E-state index is 0.202. The second kappa shape index (κ2) is 22.3. The second-order valence-corrected chi connectivity index (χ2v) is 9.90. The van der Waals surface area contributed by atoms with Crippen molar-refractivity contribution in [2.24, 2.45) is 0 Å². The van der Waals surface area contributed by atoms with E-state index in [0.29, 0.717) is 12.8 Å². The van der Waals surface area contributed by atoms with Crippen molar-refractivity contribution in [1.82, 2.24) is 0 Å². The quantitative estimate of drug-likeness (QED) is 0.0708. The summed E-state index contributed by atoms with van der Waals surface area (Å²) in [6.07, 6.45) is 19.6. The summed E-state index contributed by atoms with van der Waals surface area (Å²) in [4.78, 5) is 41.3. The van der Waals surface area contributed by atoms with E-state index in [2.05, 4.69) is 23.6 Å². The Balaban J connectivity index is 3.87. The van der Waals surface area contributed by atoms with Gasteiger partial charge in [-0.2, -0.15) is 0 Å². The van der Waals surface area contributed by atoms with Crippen LogP contribution in [0, 0.1) is 0 Å². The number of allylic oxidation sites excluding steroid dienone is 2. The fraction of sp³-hybridized carbons (Fsp3) is 0.840. The highest BCUT2D eigenvalue weighted by Crippen LogP contribution is 2.35. The van der Waals surface area contributed by atoms with Gasteiger partial charge in [-0.1, -0.05) is 77.4 Å². The minimum atomic E-state index is -4.71. The van der Waals surface area contributed by atoms with Crippen LogP contribution in [0.1, 0.15) is 117 Å². The van der Waals surface area contributed by atoms with Gasteiger partial charge in [0.05, 0.1) is 6.61 Å². The molecule has 34 heavy (non-hydrogen) atoms. The van der Waals surface area contributed by atoms with E-state index in [1.807, 2.05) is 6.92 Å². The number of esters is 2. The first-order valence-corrected chi connectivity index (χ1v) is 14.5. The maximum atomic E-state index is 12.1. The first kappa shape index (κ1) is 32.8. The van der Waals surface area contributed by atoms with Gasteiger partial charge in [-0.3, -0.25) is 14.1 Å². The summed E-state index contributed by atoms with van der Waals surface area (Å²) in [6, 6.07) is 0. The Morgan fingerprint density at radius 2 is 1.29 bits per heavy atom. The van der Waals surface area contributed by atoms with Crippen LogP contribution in [-0.2, 0) is 28.2 Å². The normalized spacial score (nSPS) is 12.7. The maximum Gasteiger partial charge on any atom is 0.469 e. The number of carbonyl (C=O) groups excluding carboxylic acids is 2. The molecule has 200 valence electrons. The molecule has 0 saturated heterocycles. The van der Waals surface area contributed by atoms with E-state index in [9.17, 15) is 14.2 Å². The number of phosphoric acid groups is 1. The summed E-state index contributed by atoms with van der Waals surface area (Å²) in [5.41, 5.74) is 0. The molecule has 0 aliphatic carbocycles. The summed E-state index contributed by atoms with van der Waals surface area (Å²) >= 11 is 0. The highest BCUT2D eigenvalue weighted by molar-refractivity contribution is 7.46. The fourth-order valence-electron chi connectivity index (χ4n) is 3.34. The topological polar surface area (TPSA) is 119 Å². The number of phosphoric ester groups is 1. The van der Waals surface area contributed by atoms with Crippen LogP contribution in [0.3, 0.4) is 0 Å². The molecule has 9 heteroatoms. The van der Waals surface area contributed by atoms with Crippen LogP contribution in [-0.4, -0.2) is 41.0 Å². The highest BCUT2D eigenvalue weighted by atomic mass is 31.2. The average Bonchev–Trinajstić information content (AvgIpc) is 2.78. The number of ether oxygens (including phenoxy) is 2. The lowest BCUT2D eigenvalue weighted by molar-refractivity contribution is -0.161. The molecule has 0 aliphatic heterocycles. The van der Waals surface area contributed by atoms with Crippen LogP contribution in [0.25, 0.3) is 0 Å². The third-order valence-electron chi connectivity index (χ3n) is 5.25. The Kier molecular flexibility index (Phi) is 21.5. The van der Waals surface area contributed by atoms with E-state index >= 15 is 0 Å². The zero-order valence-corrected chi connectivity index (χ0v) is 22.1. The van der Waals surface area contributed by atoms with Crippen molar-refractivity contribution >= 4 is 19.8 Å². The smallest absolute Gasteiger partial charge is 0.462 e. The number of hydrogen-bond donors (Lipinski definition) is 2. The molecule has 0 rings (SSSR count). The zero-order valence-electron chi connectivity index (χ0n) is 21.3. The summed E-state index contributed by atoms with van der Waals surface area (Å²) in [6.45, 7) is 3.23. The number of rotatable bonds is 23. The Bertz CT molecular complexity index is 587. The fourth-order valence-corrected chi connectivity index (χ4v) is 3.70. The molecular weight excluding hydrogens is 459 g/mol. The van der Waals surface area contributed by atoms with Gasteiger partial charge >= 0.3 is 19.8 Å². The van der Waals surface area contributed by atoms with Crippen molar-refractivity contribution in [2.75, 3.05) is 13.2 Å². The lowest BCUT2D eigenvalue weighted by Gasteiger charge is -2.18. The Hall–Kier alpha value is -1.21. The second-order valence-electron chi connectivity index (χ2n) is 8.67. The minimum Gasteiger partial charge on any atom is -0.462 e. The van der Waals surface area contributed by atoms with Gasteiger partial charge in [-0.05, 0) is 38.5 Å². The molecule has 0 unspecified atom stereocenters. The summed E-state index contributed by atoms with van der Waals surface area (Å²) in [5.74, 6) is -0.958. The monoisotopic (exact) mass is 506 g/mol. The lowest BCUT2D eigenvalue weighted by Crippen LogP contribution is -2.29. The summed E-state index contributed by atoms with van der Waals surface area (Å²) < 4.78 is 25.5. The third kappa shape index (κ3) is 23.9. The van der Waals surface area contributed by atoms with Gasteiger partial charge in [0, 0.05) is 12.8 Å². The first-order valence-electron chi connectivity index (χ1n) is 13.0. The van der Waals surface area contributed by atoms with Crippen LogP contribution in [0.2, 0.25) is 0 Å². The van der Waals surface area contributed by atoms with Gasteiger partial charge in [0.1, 0.15) is 6.61 Å². The van der Waals surface area contributed by atoms with Gasteiger partial charge in [-0.25, -0.2) is 4.57 Å². The SMILES string of the molecule is CCCCCCCC/C=C/CCCCCCCC(=O)O[C@H](COC(=O)CCC)COP(=O)(O)O. The molecule has 0 amide bonds. The Labute approximate surface area is 206 Å². The van der Waals surface area contributed by atoms with Crippen molar-refractivity contribution in [3.8, 4) is 0 Å². The van der Waals surface area contributed by atoms with Crippen molar-refractivity contribution < 1.29 is 37.9 Å². The third-order valence-corrected chi connectivity index (χ3v) is 5.74. The number of carbonyl (C=O) groups is 2. The van der Waals surface area contributed by atoms with Gasteiger partial charge in [0.15, 0.2) is 6.10 Å². The molecule has 0 spiro atoms. The molecule has 0 aromatic carbocycles. The molecule has 0 aromatic rings. The molecule has 0 fully saturated rings. The van der Waals surface area contributed by atoms with Crippen molar-refractivity contribution in [3.05, 3.63) is 12.2 Å². The van der Waals surface area contributed by atoms with Gasteiger partial charge in [0.2, 0.25) is 0 Å². The molecule has 1 atom stereocenters. The maximum absolute atomic E-state index is 12.1. The van der Waals surface area contributed by atoms with E-state index in [1.54, 1.807) is 0 Å². The van der Waals surface area contributed by atoms with Crippen LogP contribution in [0.15, 0.2) is 12.2 Å². The van der Waals surface area contributed by atoms with Crippen molar-refractivity contribution in [2.45, 2.75) is 123 Å². The van der Waals surface area contributed by atoms with Crippen LogP contribution >= 0.6 is 7.82 Å². The van der Waals surface area contributed by atoms with Gasteiger partial charge < -0.3 is 19.3 Å². The molecule has 8 nitrogen and oxygen atoms in total. The number of unbranched alkanes of at least 4 members (excludes halogenated alkanes) is 11. The van der Waals surface area contributed by atoms with Crippen molar-refractivity contribution in [3.63, 3.8) is 0 Å². The zero-order chi connectivity index (χ0) is 25.5. The van der Waals surface area contributed by atoms with E-state index < -0.39 is 32.5 Å². The molecule has 0 saturated carbocycles. The number of hydrogen-bond acceptors (Lipinski definition) is 6. The first-order chi connectivity index (χ1) is 16.3. The highest BCUT2D eigenvalue weighted by Gasteiger charge is 2.22. The van der Waals surface area contributed by atoms with Crippen molar-refractivity contribution in [1.29, 1.82) is 0 Å². The van der Waals surface area contributed by atoms with Gasteiger partial charge in [-0.15, -0.1) is 0 Å². The predicted octanol–water partition coefficient (Wildman–Crippen LogP) is 6.39. The van der Waals surface area contributed by atoms with E-state index in [-0.39, 0.29) is 19.4 Å². The molecule has 0 aliphatic rings. The van der Waals surface area contributed by atoms with Crippen LogP contribution < -0.4 is 0 Å². The molecule has 0 radical (unpaired) electrons. The summed E-state index contributed by atoms with van der Waals surface area (Å²) in [7, 11) is -4.71. The average molecular weight is 507 g/mol.